The Morgan fingerprint density at radius 2 is 2.16 bits per heavy atom. The van der Waals surface area contributed by atoms with Gasteiger partial charge in [0.1, 0.15) is 0 Å². The summed E-state index contributed by atoms with van der Waals surface area (Å²) in [6, 6.07) is 2.71. The SMILES string of the molecule is CCN(CCC(C)C)C(=O)Nc1ccc(=O)n(C)n1. The molecule has 0 atom stereocenters. The van der Waals surface area contributed by atoms with Gasteiger partial charge in [-0.3, -0.25) is 10.1 Å². The van der Waals surface area contributed by atoms with Crippen molar-refractivity contribution in [1.29, 1.82) is 0 Å². The number of hydrogen-bond acceptors (Lipinski definition) is 3. The summed E-state index contributed by atoms with van der Waals surface area (Å²) in [5, 5.41) is 6.67. The van der Waals surface area contributed by atoms with Crippen molar-refractivity contribution in [3.05, 3.63) is 22.5 Å². The van der Waals surface area contributed by atoms with E-state index in [1.165, 1.54) is 16.8 Å². The van der Waals surface area contributed by atoms with Crippen LogP contribution in [0, 0.1) is 5.92 Å². The van der Waals surface area contributed by atoms with Gasteiger partial charge in [0, 0.05) is 26.2 Å². The summed E-state index contributed by atoms with van der Waals surface area (Å²) in [4.78, 5) is 25.0. The highest BCUT2D eigenvalue weighted by molar-refractivity contribution is 5.88. The van der Waals surface area contributed by atoms with Crippen molar-refractivity contribution in [3.8, 4) is 0 Å². The van der Waals surface area contributed by atoms with Crippen LogP contribution in [-0.4, -0.2) is 33.8 Å². The second-order valence-corrected chi connectivity index (χ2v) is 4.87. The molecule has 0 aromatic carbocycles. The average Bonchev–Trinajstić information content (AvgIpc) is 2.34. The largest absolute Gasteiger partial charge is 0.325 e. The number of aryl methyl sites for hydroxylation is 1. The third-order valence-corrected chi connectivity index (χ3v) is 2.84. The van der Waals surface area contributed by atoms with Crippen molar-refractivity contribution in [3.63, 3.8) is 0 Å². The molecular weight excluding hydrogens is 244 g/mol. The molecule has 0 aliphatic heterocycles. The molecule has 0 unspecified atom stereocenters. The zero-order valence-electron chi connectivity index (χ0n) is 12.0. The van der Waals surface area contributed by atoms with Gasteiger partial charge in [0.05, 0.1) is 0 Å². The van der Waals surface area contributed by atoms with E-state index >= 15 is 0 Å². The van der Waals surface area contributed by atoms with Crippen molar-refractivity contribution in [2.24, 2.45) is 13.0 Å². The molecule has 0 fully saturated rings. The quantitative estimate of drug-likeness (QED) is 0.881. The van der Waals surface area contributed by atoms with Crippen LogP contribution in [0.5, 0.6) is 0 Å². The molecule has 0 saturated heterocycles. The van der Waals surface area contributed by atoms with Gasteiger partial charge in [0.2, 0.25) is 0 Å². The third kappa shape index (κ3) is 4.73. The number of urea groups is 1. The van der Waals surface area contributed by atoms with Gasteiger partial charge in [-0.05, 0) is 25.3 Å². The fraction of sp³-hybridized carbons (Fsp3) is 0.615. The Bertz CT molecular complexity index is 482. The number of anilines is 1. The van der Waals surface area contributed by atoms with Crippen LogP contribution >= 0.6 is 0 Å². The topological polar surface area (TPSA) is 67.2 Å². The average molecular weight is 266 g/mol. The monoisotopic (exact) mass is 266 g/mol. The molecule has 6 nitrogen and oxygen atoms in total. The molecule has 0 aliphatic rings. The van der Waals surface area contributed by atoms with E-state index < -0.39 is 0 Å². The summed E-state index contributed by atoms with van der Waals surface area (Å²) in [5.41, 5.74) is -0.204. The van der Waals surface area contributed by atoms with Crippen molar-refractivity contribution >= 4 is 11.8 Å². The molecule has 1 N–H and O–H groups in total. The second kappa shape index (κ2) is 6.92. The molecule has 0 saturated carbocycles. The molecule has 0 radical (unpaired) electrons. The Balaban J connectivity index is 2.65. The van der Waals surface area contributed by atoms with E-state index in [1.807, 2.05) is 6.92 Å². The van der Waals surface area contributed by atoms with E-state index in [9.17, 15) is 9.59 Å². The molecule has 0 bridgehead atoms. The zero-order chi connectivity index (χ0) is 14.4. The standard InChI is InChI=1S/C13H22N4O2/c1-5-17(9-8-10(2)3)13(19)14-11-6-7-12(18)16(4)15-11/h6-7,10H,5,8-9H2,1-4H3,(H,14,15,19). The van der Waals surface area contributed by atoms with E-state index in [1.54, 1.807) is 11.9 Å². The van der Waals surface area contributed by atoms with Crippen LogP contribution in [0.15, 0.2) is 16.9 Å². The normalized spacial score (nSPS) is 10.6. The highest BCUT2D eigenvalue weighted by Gasteiger charge is 2.12. The summed E-state index contributed by atoms with van der Waals surface area (Å²) >= 11 is 0. The molecule has 1 heterocycles. The minimum Gasteiger partial charge on any atom is -0.325 e. The lowest BCUT2D eigenvalue weighted by atomic mass is 10.1. The second-order valence-electron chi connectivity index (χ2n) is 4.87. The van der Waals surface area contributed by atoms with Gasteiger partial charge in [-0.25, -0.2) is 9.48 Å². The predicted octanol–water partition coefficient (Wildman–Crippen LogP) is 1.68. The summed E-state index contributed by atoms with van der Waals surface area (Å²) in [5.74, 6) is 0.938. The van der Waals surface area contributed by atoms with Gasteiger partial charge in [-0.2, -0.15) is 5.10 Å². The molecule has 0 spiro atoms. The Hall–Kier alpha value is -1.85. The van der Waals surface area contributed by atoms with Crippen LogP contribution in [-0.2, 0) is 7.05 Å². The molecule has 19 heavy (non-hydrogen) atoms. The van der Waals surface area contributed by atoms with E-state index in [2.05, 4.69) is 24.3 Å². The van der Waals surface area contributed by atoms with Crippen molar-refractivity contribution in [1.82, 2.24) is 14.7 Å². The molecule has 6 heteroatoms. The van der Waals surface area contributed by atoms with Gasteiger partial charge >= 0.3 is 6.03 Å². The van der Waals surface area contributed by atoms with E-state index in [-0.39, 0.29) is 11.6 Å². The summed E-state index contributed by atoms with van der Waals surface area (Å²) in [6.07, 6.45) is 0.960. The molecule has 0 aliphatic carbocycles. The minimum absolute atomic E-state index is 0.186. The van der Waals surface area contributed by atoms with E-state index in [0.717, 1.165) is 6.42 Å². The van der Waals surface area contributed by atoms with Crippen LogP contribution in [0.2, 0.25) is 0 Å². The Morgan fingerprint density at radius 1 is 1.47 bits per heavy atom. The smallest absolute Gasteiger partial charge is 0.323 e. The lowest BCUT2D eigenvalue weighted by molar-refractivity contribution is 0.211. The van der Waals surface area contributed by atoms with Crippen LogP contribution in [0.4, 0.5) is 10.6 Å². The molecule has 2 amide bonds. The van der Waals surface area contributed by atoms with Crippen molar-refractivity contribution in [2.45, 2.75) is 27.2 Å². The zero-order valence-corrected chi connectivity index (χ0v) is 12.0. The molecular formula is C13H22N4O2. The lowest BCUT2D eigenvalue weighted by Crippen LogP contribution is -2.36. The number of nitrogens with zero attached hydrogens (tertiary/aromatic N) is 3. The fourth-order valence-electron chi connectivity index (χ4n) is 1.57. The first-order chi connectivity index (χ1) is 8.93. The summed E-state index contributed by atoms with van der Waals surface area (Å²) < 4.78 is 1.19. The van der Waals surface area contributed by atoms with Crippen LogP contribution in [0.1, 0.15) is 27.2 Å². The van der Waals surface area contributed by atoms with Gasteiger partial charge in [0.15, 0.2) is 5.82 Å². The highest BCUT2D eigenvalue weighted by atomic mass is 16.2. The highest BCUT2D eigenvalue weighted by Crippen LogP contribution is 2.05. The summed E-state index contributed by atoms with van der Waals surface area (Å²) in [7, 11) is 1.55. The number of carbonyl (C=O) groups excluding carboxylic acids is 1. The molecule has 1 aromatic heterocycles. The molecule has 1 aromatic rings. The number of aromatic nitrogens is 2. The van der Waals surface area contributed by atoms with Crippen molar-refractivity contribution < 1.29 is 4.79 Å². The fourth-order valence-corrected chi connectivity index (χ4v) is 1.57. The third-order valence-electron chi connectivity index (χ3n) is 2.84. The predicted molar refractivity (Wildman–Crippen MR) is 75.2 cm³/mol. The Kier molecular flexibility index (Phi) is 5.54. The van der Waals surface area contributed by atoms with Gasteiger partial charge in [-0.15, -0.1) is 0 Å². The van der Waals surface area contributed by atoms with Crippen molar-refractivity contribution in [2.75, 3.05) is 18.4 Å². The Morgan fingerprint density at radius 3 is 2.68 bits per heavy atom. The Labute approximate surface area is 113 Å². The minimum atomic E-state index is -0.204. The van der Waals surface area contributed by atoms with Gasteiger partial charge in [-0.1, -0.05) is 13.8 Å². The van der Waals surface area contributed by atoms with Gasteiger partial charge < -0.3 is 4.90 Å². The first-order valence-electron chi connectivity index (χ1n) is 6.54. The first kappa shape index (κ1) is 15.2. The number of nitrogens with one attached hydrogen (secondary N) is 1. The summed E-state index contributed by atoms with van der Waals surface area (Å²) in [6.45, 7) is 7.55. The van der Waals surface area contributed by atoms with Crippen LogP contribution < -0.4 is 10.9 Å². The maximum Gasteiger partial charge on any atom is 0.323 e. The van der Waals surface area contributed by atoms with Gasteiger partial charge in [0.25, 0.3) is 5.56 Å². The number of carbonyl (C=O) groups is 1. The first-order valence-corrected chi connectivity index (χ1v) is 6.54. The number of hydrogen-bond donors (Lipinski definition) is 1. The lowest BCUT2D eigenvalue weighted by Gasteiger charge is -2.22. The molecule has 106 valence electrons. The molecule has 1 rings (SSSR count). The number of amides is 2. The van der Waals surface area contributed by atoms with Crippen LogP contribution in [0.25, 0.3) is 0 Å². The van der Waals surface area contributed by atoms with Crippen LogP contribution in [0.3, 0.4) is 0 Å². The number of rotatable bonds is 5. The maximum absolute atomic E-state index is 12.0. The van der Waals surface area contributed by atoms with E-state index in [4.69, 9.17) is 0 Å². The maximum atomic E-state index is 12.0. The van der Waals surface area contributed by atoms with E-state index in [0.29, 0.717) is 24.8 Å².